The van der Waals surface area contributed by atoms with E-state index in [1.807, 2.05) is 4.90 Å². The molecule has 13 heteroatoms. The molecular formula is C25H27FN8O4. The summed E-state index contributed by atoms with van der Waals surface area (Å²) >= 11 is 0. The van der Waals surface area contributed by atoms with Gasteiger partial charge in [-0.1, -0.05) is 5.10 Å². The van der Waals surface area contributed by atoms with Gasteiger partial charge in [-0.05, 0) is 56.4 Å². The van der Waals surface area contributed by atoms with E-state index in [0.29, 0.717) is 17.3 Å². The standard InChI is InChI=1S/C25H27FN8O4/c26-17-4-6-18(7-5-17)34-20-19(14-28-34)22(35)33(16-27-20)15-25(37)8-12-31(13-9-25)23(36)21-29-30-24(38-21)32-10-2-1-3-11-32/h4-7,14,16,37H,1-3,8-13,15H2. The number of anilines is 1. The number of rotatable bonds is 5. The fourth-order valence-electron chi connectivity index (χ4n) is 5.08. The van der Waals surface area contributed by atoms with Gasteiger partial charge in [0.1, 0.15) is 17.5 Å². The number of nitrogens with zero attached hydrogens (tertiary/aromatic N) is 8. The predicted molar refractivity (Wildman–Crippen MR) is 134 cm³/mol. The lowest BCUT2D eigenvalue weighted by atomic mass is 9.91. The summed E-state index contributed by atoms with van der Waals surface area (Å²) in [7, 11) is 0. The highest BCUT2D eigenvalue weighted by molar-refractivity contribution is 5.89. The average Bonchev–Trinajstić information content (AvgIpc) is 3.60. The van der Waals surface area contributed by atoms with Crippen LogP contribution in [0.2, 0.25) is 0 Å². The first-order valence-corrected chi connectivity index (χ1v) is 12.7. The van der Waals surface area contributed by atoms with Crippen LogP contribution >= 0.6 is 0 Å². The Balaban J connectivity index is 1.13. The zero-order chi connectivity index (χ0) is 26.3. The summed E-state index contributed by atoms with van der Waals surface area (Å²) in [5.41, 5.74) is -0.623. The molecule has 2 aliphatic rings. The van der Waals surface area contributed by atoms with Crippen molar-refractivity contribution in [2.24, 2.45) is 0 Å². The summed E-state index contributed by atoms with van der Waals surface area (Å²) in [5.74, 6) is -0.794. The van der Waals surface area contributed by atoms with Crippen LogP contribution in [-0.4, -0.2) is 77.2 Å². The van der Waals surface area contributed by atoms with E-state index >= 15 is 0 Å². The molecule has 0 bridgehead atoms. The van der Waals surface area contributed by atoms with Crippen LogP contribution in [-0.2, 0) is 6.54 Å². The topological polar surface area (TPSA) is 135 Å². The highest BCUT2D eigenvalue weighted by Crippen LogP contribution is 2.26. The fourth-order valence-corrected chi connectivity index (χ4v) is 5.08. The minimum Gasteiger partial charge on any atom is -0.399 e. The third-order valence-electron chi connectivity index (χ3n) is 7.30. The lowest BCUT2D eigenvalue weighted by molar-refractivity contribution is -0.0306. The van der Waals surface area contributed by atoms with Crippen LogP contribution in [0.5, 0.6) is 0 Å². The van der Waals surface area contributed by atoms with Crippen LogP contribution in [0.1, 0.15) is 42.8 Å². The second-order valence-corrected chi connectivity index (χ2v) is 9.90. The van der Waals surface area contributed by atoms with Gasteiger partial charge in [0.15, 0.2) is 5.65 Å². The number of carbonyl (C=O) groups is 1. The predicted octanol–water partition coefficient (Wildman–Crippen LogP) is 1.76. The lowest BCUT2D eigenvalue weighted by Crippen LogP contribution is -2.49. The van der Waals surface area contributed by atoms with Gasteiger partial charge in [0.05, 0.1) is 24.0 Å². The van der Waals surface area contributed by atoms with Crippen LogP contribution in [0.4, 0.5) is 10.4 Å². The number of amides is 1. The van der Waals surface area contributed by atoms with Crippen LogP contribution in [0.3, 0.4) is 0 Å². The summed E-state index contributed by atoms with van der Waals surface area (Å²) in [6, 6.07) is 6.09. The summed E-state index contributed by atoms with van der Waals surface area (Å²) in [6.07, 6.45) is 6.61. The first kappa shape index (κ1) is 24.2. The van der Waals surface area contributed by atoms with Gasteiger partial charge < -0.3 is 19.3 Å². The Hall–Kier alpha value is -4.13. The Morgan fingerprint density at radius 2 is 1.79 bits per heavy atom. The van der Waals surface area contributed by atoms with Crippen molar-refractivity contribution >= 4 is 23.0 Å². The van der Waals surface area contributed by atoms with Crippen LogP contribution in [0, 0.1) is 5.82 Å². The Labute approximate surface area is 216 Å². The van der Waals surface area contributed by atoms with Crippen LogP contribution in [0.15, 0.2) is 46.0 Å². The van der Waals surface area contributed by atoms with E-state index in [2.05, 4.69) is 20.3 Å². The highest BCUT2D eigenvalue weighted by Gasteiger charge is 2.36. The Bertz CT molecular complexity index is 1510. The van der Waals surface area contributed by atoms with Crippen molar-refractivity contribution in [3.8, 4) is 5.69 Å². The summed E-state index contributed by atoms with van der Waals surface area (Å²) in [4.78, 5) is 34.0. The maximum atomic E-state index is 13.3. The molecule has 0 saturated carbocycles. The van der Waals surface area contributed by atoms with Crippen LogP contribution < -0.4 is 10.5 Å². The van der Waals surface area contributed by atoms with E-state index in [0.717, 1.165) is 25.9 Å². The molecule has 12 nitrogen and oxygen atoms in total. The maximum Gasteiger partial charge on any atom is 0.318 e. The third-order valence-corrected chi connectivity index (χ3v) is 7.30. The minimum atomic E-state index is -1.20. The molecule has 2 aliphatic heterocycles. The van der Waals surface area contributed by atoms with Crippen molar-refractivity contribution < 1.29 is 18.7 Å². The lowest BCUT2D eigenvalue weighted by Gasteiger charge is -2.37. The first-order valence-electron chi connectivity index (χ1n) is 12.7. The Kier molecular flexibility index (Phi) is 6.14. The SMILES string of the molecule is O=C(c1nnc(N2CCCCC2)o1)N1CCC(O)(Cn2cnc3c(cnn3-c3ccc(F)cc3)c2=O)CC1. The second kappa shape index (κ2) is 9.63. The molecule has 198 valence electrons. The molecule has 2 fully saturated rings. The molecule has 0 aliphatic carbocycles. The van der Waals surface area contributed by atoms with Gasteiger partial charge in [0.25, 0.3) is 5.56 Å². The third kappa shape index (κ3) is 4.53. The van der Waals surface area contributed by atoms with E-state index in [9.17, 15) is 19.1 Å². The van der Waals surface area contributed by atoms with E-state index < -0.39 is 5.60 Å². The number of likely N-dealkylation sites (tertiary alicyclic amines) is 1. The number of benzene rings is 1. The molecule has 1 aromatic carbocycles. The van der Waals surface area contributed by atoms with Crippen molar-refractivity contribution in [2.75, 3.05) is 31.1 Å². The van der Waals surface area contributed by atoms with Gasteiger partial charge in [-0.25, -0.2) is 14.1 Å². The average molecular weight is 523 g/mol. The molecule has 6 rings (SSSR count). The molecule has 5 heterocycles. The van der Waals surface area contributed by atoms with Gasteiger partial charge in [-0.2, -0.15) is 5.10 Å². The van der Waals surface area contributed by atoms with Crippen molar-refractivity contribution in [3.05, 3.63) is 58.9 Å². The Morgan fingerprint density at radius 3 is 2.53 bits per heavy atom. The molecular weight excluding hydrogens is 495 g/mol. The normalized spacial score (nSPS) is 17.7. The molecule has 0 spiro atoms. The highest BCUT2D eigenvalue weighted by atomic mass is 19.1. The fraction of sp³-hybridized carbons (Fsp3) is 0.440. The molecule has 4 aromatic rings. The summed E-state index contributed by atoms with van der Waals surface area (Å²) in [6.45, 7) is 2.25. The van der Waals surface area contributed by atoms with Gasteiger partial charge in [-0.15, -0.1) is 5.10 Å². The molecule has 0 atom stereocenters. The number of halogens is 1. The van der Waals surface area contributed by atoms with Crippen molar-refractivity contribution in [3.63, 3.8) is 0 Å². The molecule has 1 N–H and O–H groups in total. The molecule has 38 heavy (non-hydrogen) atoms. The molecule has 0 radical (unpaired) electrons. The monoisotopic (exact) mass is 522 g/mol. The van der Waals surface area contributed by atoms with Gasteiger partial charge in [0, 0.05) is 26.2 Å². The number of aromatic nitrogens is 6. The van der Waals surface area contributed by atoms with Gasteiger partial charge in [-0.3, -0.25) is 14.2 Å². The number of fused-ring (bicyclic) bond motifs is 1. The molecule has 3 aromatic heterocycles. The van der Waals surface area contributed by atoms with E-state index in [1.54, 1.807) is 17.0 Å². The number of hydrogen-bond acceptors (Lipinski definition) is 9. The molecule has 1 amide bonds. The zero-order valence-corrected chi connectivity index (χ0v) is 20.7. The van der Waals surface area contributed by atoms with Gasteiger partial charge >= 0.3 is 17.8 Å². The minimum absolute atomic E-state index is 0.0260. The number of aliphatic hydroxyl groups is 1. The van der Waals surface area contributed by atoms with Crippen molar-refractivity contribution in [1.82, 2.24) is 34.4 Å². The Morgan fingerprint density at radius 1 is 1.05 bits per heavy atom. The van der Waals surface area contributed by atoms with Crippen LogP contribution in [0.25, 0.3) is 16.7 Å². The molecule has 2 saturated heterocycles. The zero-order valence-electron chi connectivity index (χ0n) is 20.7. The summed E-state index contributed by atoms with van der Waals surface area (Å²) in [5, 5.41) is 23.8. The number of carbonyl (C=O) groups excluding carboxylic acids is 1. The first-order chi connectivity index (χ1) is 18.4. The van der Waals surface area contributed by atoms with E-state index in [4.69, 9.17) is 4.42 Å². The maximum absolute atomic E-state index is 13.3. The van der Waals surface area contributed by atoms with Crippen molar-refractivity contribution in [1.29, 1.82) is 0 Å². The van der Waals surface area contributed by atoms with E-state index in [1.165, 1.54) is 40.3 Å². The smallest absolute Gasteiger partial charge is 0.318 e. The van der Waals surface area contributed by atoms with Gasteiger partial charge in [0.2, 0.25) is 0 Å². The quantitative estimate of drug-likeness (QED) is 0.416. The second-order valence-electron chi connectivity index (χ2n) is 9.90. The number of piperidine rings is 2. The largest absolute Gasteiger partial charge is 0.399 e. The van der Waals surface area contributed by atoms with Crippen molar-refractivity contribution in [2.45, 2.75) is 44.2 Å². The van der Waals surface area contributed by atoms with E-state index in [-0.39, 0.29) is 61.0 Å². The number of hydrogen-bond donors (Lipinski definition) is 1. The molecule has 0 unspecified atom stereocenters. The summed E-state index contributed by atoms with van der Waals surface area (Å²) < 4.78 is 21.8.